The zero-order valence-electron chi connectivity index (χ0n) is 8.95. The lowest BCUT2D eigenvalue weighted by Crippen LogP contribution is -2.18. The van der Waals surface area contributed by atoms with Crippen LogP contribution in [0.1, 0.15) is 25.6 Å². The highest BCUT2D eigenvalue weighted by Gasteiger charge is 2.30. The van der Waals surface area contributed by atoms with Gasteiger partial charge < -0.3 is 9.63 Å². The molecule has 0 aliphatic heterocycles. The Balaban J connectivity index is 2.58. The van der Waals surface area contributed by atoms with E-state index in [1.54, 1.807) is 13.8 Å². The molecule has 0 aliphatic carbocycles. The van der Waals surface area contributed by atoms with Crippen LogP contribution in [0.5, 0.6) is 0 Å². The van der Waals surface area contributed by atoms with Crippen LogP contribution < -0.4 is 0 Å². The molecule has 1 atom stereocenters. The van der Waals surface area contributed by atoms with Crippen molar-refractivity contribution in [3.63, 3.8) is 0 Å². The number of aliphatic hydroxyl groups is 1. The number of halogens is 3. The highest BCUT2D eigenvalue weighted by atomic mass is 19.4. The Morgan fingerprint density at radius 3 is 2.50 bits per heavy atom. The molecule has 4 nitrogen and oxygen atoms in total. The number of aliphatic hydroxyl groups excluding tert-OH is 1. The van der Waals surface area contributed by atoms with E-state index in [0.29, 0.717) is 0 Å². The first kappa shape index (κ1) is 13.0. The second-order valence-corrected chi connectivity index (χ2v) is 3.91. The van der Waals surface area contributed by atoms with Gasteiger partial charge in [0, 0.05) is 0 Å². The van der Waals surface area contributed by atoms with Crippen molar-refractivity contribution in [2.45, 2.75) is 39.0 Å². The Morgan fingerprint density at radius 1 is 1.38 bits per heavy atom. The van der Waals surface area contributed by atoms with Crippen molar-refractivity contribution in [1.82, 2.24) is 10.1 Å². The van der Waals surface area contributed by atoms with Gasteiger partial charge in [-0.15, -0.1) is 0 Å². The molecule has 0 aromatic carbocycles. The Kier molecular flexibility index (Phi) is 3.90. The van der Waals surface area contributed by atoms with Gasteiger partial charge in [-0.1, -0.05) is 19.0 Å². The van der Waals surface area contributed by atoms with Crippen LogP contribution >= 0.6 is 0 Å². The lowest BCUT2D eigenvalue weighted by molar-refractivity contribution is -0.128. The van der Waals surface area contributed by atoms with Crippen LogP contribution in [0.4, 0.5) is 13.2 Å². The van der Waals surface area contributed by atoms with Gasteiger partial charge in [0.05, 0.1) is 12.5 Å². The molecule has 1 N–H and O–H groups in total. The van der Waals surface area contributed by atoms with Gasteiger partial charge in [0.25, 0.3) is 0 Å². The minimum absolute atomic E-state index is 0.0158. The molecule has 1 heterocycles. The first-order valence-corrected chi connectivity index (χ1v) is 4.84. The summed E-state index contributed by atoms with van der Waals surface area (Å²) < 4.78 is 40.5. The van der Waals surface area contributed by atoms with Gasteiger partial charge in [-0.3, -0.25) is 0 Å². The number of nitrogens with zero attached hydrogens (tertiary/aromatic N) is 2. The van der Waals surface area contributed by atoms with Crippen molar-refractivity contribution < 1.29 is 22.8 Å². The van der Waals surface area contributed by atoms with Crippen LogP contribution in [0.25, 0.3) is 0 Å². The fraction of sp³-hybridized carbons (Fsp3) is 0.778. The Labute approximate surface area is 90.5 Å². The summed E-state index contributed by atoms with van der Waals surface area (Å²) >= 11 is 0. The number of aromatic nitrogens is 2. The fourth-order valence-electron chi connectivity index (χ4n) is 1.04. The zero-order chi connectivity index (χ0) is 12.3. The average Bonchev–Trinajstić information content (AvgIpc) is 2.49. The molecule has 1 aromatic rings. The molecule has 0 spiro atoms. The smallest absolute Gasteiger partial charge is 0.392 e. The van der Waals surface area contributed by atoms with E-state index in [-0.39, 0.29) is 18.2 Å². The van der Waals surface area contributed by atoms with E-state index in [4.69, 9.17) is 0 Å². The molecule has 0 bridgehead atoms. The molecule has 1 aromatic heterocycles. The van der Waals surface area contributed by atoms with Gasteiger partial charge in [-0.2, -0.15) is 18.2 Å². The zero-order valence-corrected chi connectivity index (χ0v) is 8.95. The number of rotatable bonds is 4. The molecule has 1 unspecified atom stereocenters. The Morgan fingerprint density at radius 2 is 2.00 bits per heavy atom. The molecular weight excluding hydrogens is 225 g/mol. The molecular formula is C9H13F3N2O2. The van der Waals surface area contributed by atoms with Crippen molar-refractivity contribution in [2.24, 2.45) is 5.92 Å². The maximum Gasteiger partial charge on any atom is 0.396 e. The van der Waals surface area contributed by atoms with Crippen molar-refractivity contribution in [3.05, 3.63) is 11.7 Å². The van der Waals surface area contributed by atoms with Crippen LogP contribution in [-0.2, 0) is 12.8 Å². The van der Waals surface area contributed by atoms with Crippen molar-refractivity contribution in [3.8, 4) is 0 Å². The van der Waals surface area contributed by atoms with Gasteiger partial charge in [-0.25, -0.2) is 0 Å². The minimum Gasteiger partial charge on any atom is -0.392 e. The van der Waals surface area contributed by atoms with E-state index in [1.807, 2.05) is 0 Å². The third kappa shape index (κ3) is 4.18. The number of hydrogen-bond donors (Lipinski definition) is 1. The first-order chi connectivity index (χ1) is 7.28. The summed E-state index contributed by atoms with van der Waals surface area (Å²) in [5.41, 5.74) is 0. The second-order valence-electron chi connectivity index (χ2n) is 3.91. The standard InChI is InChI=1S/C9H13F3N2O2/c1-5(2)6(15)3-8-13-7(14-16-8)4-9(10,11)12/h5-6,15H,3-4H2,1-2H3. The lowest BCUT2D eigenvalue weighted by atomic mass is 10.0. The predicted octanol–water partition coefficient (Wildman–Crippen LogP) is 1.73. The SMILES string of the molecule is CC(C)C(O)Cc1nc(CC(F)(F)F)no1. The first-order valence-electron chi connectivity index (χ1n) is 4.84. The van der Waals surface area contributed by atoms with Crippen LogP contribution in [0, 0.1) is 5.92 Å². The monoisotopic (exact) mass is 238 g/mol. The minimum atomic E-state index is -4.35. The topological polar surface area (TPSA) is 59.2 Å². The largest absolute Gasteiger partial charge is 0.396 e. The quantitative estimate of drug-likeness (QED) is 0.867. The summed E-state index contributed by atoms with van der Waals surface area (Å²) in [4.78, 5) is 3.56. The van der Waals surface area contributed by atoms with Crippen molar-refractivity contribution in [2.75, 3.05) is 0 Å². The predicted molar refractivity (Wildman–Crippen MR) is 48.6 cm³/mol. The summed E-state index contributed by atoms with van der Waals surface area (Å²) in [5.74, 6) is -0.392. The van der Waals surface area contributed by atoms with Crippen molar-refractivity contribution >= 4 is 0 Å². The molecule has 0 amide bonds. The molecule has 0 saturated heterocycles. The molecule has 1 rings (SSSR count). The van der Waals surface area contributed by atoms with E-state index in [0.717, 1.165) is 0 Å². The Bertz CT molecular complexity index is 336. The highest BCUT2D eigenvalue weighted by molar-refractivity contribution is 4.90. The van der Waals surface area contributed by atoms with Gasteiger partial charge in [0.2, 0.25) is 5.89 Å². The maximum absolute atomic E-state index is 12.0. The average molecular weight is 238 g/mol. The molecule has 7 heteroatoms. The summed E-state index contributed by atoms with van der Waals surface area (Å²) in [6.45, 7) is 3.58. The Hall–Kier alpha value is -1.11. The van der Waals surface area contributed by atoms with E-state index in [9.17, 15) is 18.3 Å². The third-order valence-electron chi connectivity index (χ3n) is 2.02. The number of alkyl halides is 3. The molecule has 0 fully saturated rings. The second kappa shape index (κ2) is 4.82. The van der Waals surface area contributed by atoms with Crippen LogP contribution in [0.3, 0.4) is 0 Å². The number of hydrogen-bond acceptors (Lipinski definition) is 4. The third-order valence-corrected chi connectivity index (χ3v) is 2.02. The van der Waals surface area contributed by atoms with Gasteiger partial charge in [0.15, 0.2) is 5.82 Å². The van der Waals surface area contributed by atoms with E-state index >= 15 is 0 Å². The maximum atomic E-state index is 12.0. The summed E-state index contributed by atoms with van der Waals surface area (Å²) in [6, 6.07) is 0. The van der Waals surface area contributed by atoms with Crippen LogP contribution in [0.2, 0.25) is 0 Å². The van der Waals surface area contributed by atoms with Gasteiger partial charge in [0.1, 0.15) is 6.42 Å². The van der Waals surface area contributed by atoms with Crippen molar-refractivity contribution in [1.29, 1.82) is 0 Å². The summed E-state index contributed by atoms with van der Waals surface area (Å²) in [5, 5.41) is 12.7. The highest BCUT2D eigenvalue weighted by Crippen LogP contribution is 2.19. The molecule has 0 aliphatic rings. The summed E-state index contributed by atoms with van der Waals surface area (Å²) in [7, 11) is 0. The fourth-order valence-corrected chi connectivity index (χ4v) is 1.04. The molecule has 16 heavy (non-hydrogen) atoms. The molecule has 0 radical (unpaired) electrons. The van der Waals surface area contributed by atoms with Gasteiger partial charge >= 0.3 is 6.18 Å². The lowest BCUT2D eigenvalue weighted by Gasteiger charge is -2.10. The van der Waals surface area contributed by atoms with E-state index in [2.05, 4.69) is 14.7 Å². The van der Waals surface area contributed by atoms with E-state index < -0.39 is 24.5 Å². The van der Waals surface area contributed by atoms with Gasteiger partial charge in [-0.05, 0) is 5.92 Å². The molecule has 92 valence electrons. The molecule has 0 saturated carbocycles. The van der Waals surface area contributed by atoms with E-state index in [1.165, 1.54) is 0 Å². The summed E-state index contributed by atoms with van der Waals surface area (Å²) in [6.07, 6.45) is -6.19. The van der Waals surface area contributed by atoms with Crippen LogP contribution in [-0.4, -0.2) is 27.5 Å². The van der Waals surface area contributed by atoms with Crippen LogP contribution in [0.15, 0.2) is 4.52 Å². The normalized spacial score (nSPS) is 14.4.